The highest BCUT2D eigenvalue weighted by molar-refractivity contribution is 7.89. The number of nitrogens with one attached hydrogen (secondary N) is 1. The first kappa shape index (κ1) is 15.2. The van der Waals surface area contributed by atoms with Crippen LogP contribution < -0.4 is 5.32 Å². The summed E-state index contributed by atoms with van der Waals surface area (Å²) in [7, 11) is -0.534. The Hall–Kier alpha value is -1.15. The first-order valence-corrected chi connectivity index (χ1v) is 7.85. The van der Waals surface area contributed by atoms with E-state index in [1.54, 1.807) is 24.3 Å². The summed E-state index contributed by atoms with van der Waals surface area (Å²) in [4.78, 5) is 0.201. The Kier molecular flexibility index (Phi) is 4.33. The van der Waals surface area contributed by atoms with Gasteiger partial charge in [-0.1, -0.05) is 12.1 Å². The molecule has 1 aromatic carbocycles. The van der Waals surface area contributed by atoms with Gasteiger partial charge in [0.1, 0.15) is 10.5 Å². The van der Waals surface area contributed by atoms with Crippen LogP contribution >= 0.6 is 0 Å². The number of hydrogen-bond acceptors (Lipinski definition) is 5. The normalized spacial score (nSPS) is 23.2. The molecule has 112 valence electrons. The van der Waals surface area contributed by atoms with E-state index in [0.717, 1.165) is 0 Å². The lowest BCUT2D eigenvalue weighted by Gasteiger charge is -2.23. The molecule has 2 rings (SSSR count). The van der Waals surface area contributed by atoms with Crippen molar-refractivity contribution in [1.82, 2.24) is 4.31 Å². The summed E-state index contributed by atoms with van der Waals surface area (Å²) in [5.74, 6) is 0. The highest BCUT2D eigenvalue weighted by Crippen LogP contribution is 2.25. The summed E-state index contributed by atoms with van der Waals surface area (Å²) in [5, 5.41) is 13.2. The maximum atomic E-state index is 12.2. The third kappa shape index (κ3) is 3.12. The van der Waals surface area contributed by atoms with Crippen LogP contribution in [-0.2, 0) is 14.8 Å². The average molecular weight is 300 g/mol. The summed E-state index contributed by atoms with van der Waals surface area (Å²) < 4.78 is 30.8. The Morgan fingerprint density at radius 3 is 2.70 bits per heavy atom. The number of rotatable bonds is 5. The van der Waals surface area contributed by atoms with Crippen LogP contribution in [0.5, 0.6) is 0 Å². The van der Waals surface area contributed by atoms with Crippen LogP contribution in [0.2, 0.25) is 0 Å². The van der Waals surface area contributed by atoms with Gasteiger partial charge in [0, 0.05) is 33.7 Å². The average Bonchev–Trinajstić information content (AvgIpc) is 2.84. The minimum Gasteiger partial charge on any atom is -0.386 e. The van der Waals surface area contributed by atoms with Crippen molar-refractivity contribution in [3.63, 3.8) is 0 Å². The molecule has 1 fully saturated rings. The molecule has 1 atom stereocenters. The first-order valence-electron chi connectivity index (χ1n) is 6.41. The molecule has 1 aliphatic heterocycles. The van der Waals surface area contributed by atoms with Crippen LogP contribution in [0.4, 0.5) is 5.69 Å². The summed E-state index contributed by atoms with van der Waals surface area (Å²) in [6.45, 7) is 1.05. The van der Waals surface area contributed by atoms with E-state index < -0.39 is 15.6 Å². The lowest BCUT2D eigenvalue weighted by atomic mass is 10.0. The molecule has 0 spiro atoms. The second-order valence-electron chi connectivity index (χ2n) is 5.16. The maximum Gasteiger partial charge on any atom is 0.244 e. The first-order chi connectivity index (χ1) is 9.35. The van der Waals surface area contributed by atoms with Crippen molar-refractivity contribution in [2.45, 2.75) is 16.9 Å². The minimum atomic E-state index is -3.52. The van der Waals surface area contributed by atoms with Crippen LogP contribution in [0.1, 0.15) is 6.42 Å². The molecular weight excluding hydrogens is 280 g/mol. The van der Waals surface area contributed by atoms with Gasteiger partial charge in [-0.3, -0.25) is 0 Å². The second-order valence-corrected chi connectivity index (χ2v) is 7.28. The molecule has 1 aromatic rings. The quantitative estimate of drug-likeness (QED) is 0.828. The lowest BCUT2D eigenvalue weighted by molar-refractivity contribution is 0.0381. The summed E-state index contributed by atoms with van der Waals surface area (Å²) in [5.41, 5.74) is -0.448. The van der Waals surface area contributed by atoms with Crippen molar-refractivity contribution in [3.8, 4) is 0 Å². The molecule has 7 heteroatoms. The zero-order valence-corrected chi connectivity index (χ0v) is 12.5. The van der Waals surface area contributed by atoms with Gasteiger partial charge in [-0.2, -0.15) is 0 Å². The van der Waals surface area contributed by atoms with E-state index in [4.69, 9.17) is 4.74 Å². The van der Waals surface area contributed by atoms with Gasteiger partial charge in [-0.05, 0) is 12.1 Å². The molecule has 0 radical (unpaired) electrons. The lowest BCUT2D eigenvalue weighted by Crippen LogP contribution is -2.37. The van der Waals surface area contributed by atoms with E-state index in [1.165, 1.54) is 18.4 Å². The fourth-order valence-electron chi connectivity index (χ4n) is 2.03. The molecule has 20 heavy (non-hydrogen) atoms. The number of nitrogens with zero attached hydrogens (tertiary/aromatic N) is 1. The summed E-state index contributed by atoms with van der Waals surface area (Å²) in [6, 6.07) is 6.67. The molecule has 0 aromatic heterocycles. The summed E-state index contributed by atoms with van der Waals surface area (Å²) >= 11 is 0. The number of ether oxygens (including phenoxy) is 1. The molecule has 1 saturated heterocycles. The third-order valence-corrected chi connectivity index (χ3v) is 5.21. The SMILES string of the molecule is CN(C)S(=O)(=O)c1ccccc1NCC1(O)CCOC1. The minimum absolute atomic E-state index is 0.201. The molecule has 6 nitrogen and oxygen atoms in total. The van der Waals surface area contributed by atoms with Crippen molar-refractivity contribution in [1.29, 1.82) is 0 Å². The molecule has 0 saturated carbocycles. The van der Waals surface area contributed by atoms with Gasteiger partial charge in [-0.25, -0.2) is 12.7 Å². The van der Waals surface area contributed by atoms with E-state index in [9.17, 15) is 13.5 Å². The van der Waals surface area contributed by atoms with Crippen molar-refractivity contribution in [3.05, 3.63) is 24.3 Å². The van der Waals surface area contributed by atoms with E-state index >= 15 is 0 Å². The fraction of sp³-hybridized carbons (Fsp3) is 0.538. The molecular formula is C13H20N2O4S. The number of aliphatic hydroxyl groups is 1. The Morgan fingerprint density at radius 2 is 2.10 bits per heavy atom. The van der Waals surface area contributed by atoms with E-state index in [-0.39, 0.29) is 18.0 Å². The standard InChI is InChI=1S/C13H20N2O4S/c1-15(2)20(17,18)12-6-4-3-5-11(12)14-9-13(16)7-8-19-10-13/h3-6,14,16H,7-10H2,1-2H3. The molecule has 1 unspecified atom stereocenters. The van der Waals surface area contributed by atoms with Crippen LogP contribution in [0, 0.1) is 0 Å². The van der Waals surface area contributed by atoms with E-state index in [0.29, 0.717) is 18.7 Å². The Morgan fingerprint density at radius 1 is 1.40 bits per heavy atom. The smallest absolute Gasteiger partial charge is 0.244 e. The second kappa shape index (κ2) is 5.69. The number of anilines is 1. The molecule has 0 aliphatic carbocycles. The largest absolute Gasteiger partial charge is 0.386 e. The Labute approximate surface area is 119 Å². The van der Waals surface area contributed by atoms with Gasteiger partial charge in [0.15, 0.2) is 0 Å². The fourth-order valence-corrected chi connectivity index (χ4v) is 3.09. The zero-order chi connectivity index (χ0) is 14.8. The van der Waals surface area contributed by atoms with Gasteiger partial charge < -0.3 is 15.2 Å². The number of hydrogen-bond donors (Lipinski definition) is 2. The molecule has 0 amide bonds. The van der Waals surface area contributed by atoms with Crippen molar-refractivity contribution in [2.24, 2.45) is 0 Å². The predicted octanol–water partition coefficient (Wildman–Crippen LogP) is 0.500. The van der Waals surface area contributed by atoms with Crippen LogP contribution in [0.25, 0.3) is 0 Å². The van der Waals surface area contributed by atoms with Crippen molar-refractivity contribution < 1.29 is 18.3 Å². The van der Waals surface area contributed by atoms with Crippen LogP contribution in [0.3, 0.4) is 0 Å². The summed E-state index contributed by atoms with van der Waals surface area (Å²) in [6.07, 6.45) is 0.544. The monoisotopic (exact) mass is 300 g/mol. The van der Waals surface area contributed by atoms with Gasteiger partial charge >= 0.3 is 0 Å². The zero-order valence-electron chi connectivity index (χ0n) is 11.7. The number of para-hydroxylation sites is 1. The van der Waals surface area contributed by atoms with Crippen LogP contribution in [-0.4, -0.2) is 57.3 Å². The van der Waals surface area contributed by atoms with Crippen molar-refractivity contribution in [2.75, 3.05) is 39.2 Å². The van der Waals surface area contributed by atoms with Gasteiger partial charge in [0.05, 0.1) is 12.3 Å². The highest BCUT2D eigenvalue weighted by Gasteiger charge is 2.32. The number of sulfonamides is 1. The molecule has 1 aliphatic rings. The van der Waals surface area contributed by atoms with Crippen molar-refractivity contribution >= 4 is 15.7 Å². The van der Waals surface area contributed by atoms with Gasteiger partial charge in [0.25, 0.3) is 0 Å². The number of benzene rings is 1. The molecule has 2 N–H and O–H groups in total. The van der Waals surface area contributed by atoms with E-state index in [1.807, 2.05) is 0 Å². The molecule has 0 bridgehead atoms. The highest BCUT2D eigenvalue weighted by atomic mass is 32.2. The Balaban J connectivity index is 2.21. The van der Waals surface area contributed by atoms with E-state index in [2.05, 4.69) is 5.32 Å². The third-order valence-electron chi connectivity index (χ3n) is 3.34. The van der Waals surface area contributed by atoms with Gasteiger partial charge in [0.2, 0.25) is 10.0 Å². The molecule has 1 heterocycles. The topological polar surface area (TPSA) is 78.9 Å². The Bertz CT molecular complexity index is 565. The van der Waals surface area contributed by atoms with Crippen LogP contribution in [0.15, 0.2) is 29.2 Å². The maximum absolute atomic E-state index is 12.2. The van der Waals surface area contributed by atoms with Gasteiger partial charge in [-0.15, -0.1) is 0 Å². The predicted molar refractivity (Wildman–Crippen MR) is 76.2 cm³/mol.